The van der Waals surface area contributed by atoms with Crippen molar-refractivity contribution in [1.82, 2.24) is 0 Å². The fourth-order valence-corrected chi connectivity index (χ4v) is 2.26. The van der Waals surface area contributed by atoms with E-state index in [1.165, 1.54) is 6.92 Å². The predicted molar refractivity (Wildman–Crippen MR) is 96.6 cm³/mol. The summed E-state index contributed by atoms with van der Waals surface area (Å²) >= 11 is 3.34. The smallest absolute Gasteiger partial charge is 0.221 e. The van der Waals surface area contributed by atoms with Crippen LogP contribution in [0.5, 0.6) is 0 Å². The number of anilines is 2. The maximum absolute atomic E-state index is 12.2. The highest BCUT2D eigenvalue weighted by molar-refractivity contribution is 9.10. The van der Waals surface area contributed by atoms with Crippen LogP contribution in [-0.4, -0.2) is 11.7 Å². The first-order chi connectivity index (χ1) is 10.9. The molecule has 2 N–H and O–H groups in total. The Kier molecular flexibility index (Phi) is 5.71. The van der Waals surface area contributed by atoms with Gasteiger partial charge in [0, 0.05) is 40.1 Å². The second-order valence-corrected chi connectivity index (χ2v) is 6.00. The van der Waals surface area contributed by atoms with Crippen molar-refractivity contribution >= 4 is 39.0 Å². The zero-order chi connectivity index (χ0) is 16.8. The maximum atomic E-state index is 12.2. The van der Waals surface area contributed by atoms with Crippen LogP contribution in [0.4, 0.5) is 11.4 Å². The number of hydrogen-bond donors (Lipinski definition) is 2. The number of carbonyl (C=O) groups excluding carboxylic acids is 2. The number of hydrogen-bond acceptors (Lipinski definition) is 3. The van der Waals surface area contributed by atoms with Crippen molar-refractivity contribution in [2.75, 3.05) is 10.6 Å². The van der Waals surface area contributed by atoms with Crippen LogP contribution in [-0.2, 0) is 4.79 Å². The Morgan fingerprint density at radius 3 is 1.91 bits per heavy atom. The molecule has 118 valence electrons. The van der Waals surface area contributed by atoms with Crippen molar-refractivity contribution in [3.05, 3.63) is 70.3 Å². The Balaban J connectivity index is 2.02. The number of nitrogens with one attached hydrogen (secondary N) is 2. The van der Waals surface area contributed by atoms with E-state index in [1.807, 2.05) is 31.2 Å². The lowest BCUT2D eigenvalue weighted by Gasteiger charge is -2.08. The number of carbonyl (C=O) groups is 2. The highest BCUT2D eigenvalue weighted by atomic mass is 79.9. The summed E-state index contributed by atoms with van der Waals surface area (Å²) in [6, 6.07) is 14.5. The van der Waals surface area contributed by atoms with E-state index < -0.39 is 0 Å². The van der Waals surface area contributed by atoms with Crippen molar-refractivity contribution in [1.29, 1.82) is 0 Å². The van der Waals surface area contributed by atoms with Gasteiger partial charge in [-0.25, -0.2) is 0 Å². The molecular formula is C18H17BrN2O2. The Labute approximate surface area is 143 Å². The molecule has 5 heteroatoms. The van der Waals surface area contributed by atoms with E-state index in [1.54, 1.807) is 30.3 Å². The fourth-order valence-electron chi connectivity index (χ4n) is 2.00. The summed E-state index contributed by atoms with van der Waals surface area (Å²) < 4.78 is 0.937. The SMILES string of the molecule is CC(=O)Nc1ccc(N/C(C)=C/C(=O)c2ccc(Br)cc2)cc1. The number of ketones is 1. The van der Waals surface area contributed by atoms with Crippen LogP contribution in [0.15, 0.2) is 64.8 Å². The molecule has 0 aliphatic heterocycles. The van der Waals surface area contributed by atoms with Crippen LogP contribution < -0.4 is 10.6 Å². The van der Waals surface area contributed by atoms with Gasteiger partial charge in [0.2, 0.25) is 5.91 Å². The van der Waals surface area contributed by atoms with E-state index >= 15 is 0 Å². The van der Waals surface area contributed by atoms with E-state index in [9.17, 15) is 9.59 Å². The van der Waals surface area contributed by atoms with Crippen molar-refractivity contribution in [3.63, 3.8) is 0 Å². The second kappa shape index (κ2) is 7.74. The van der Waals surface area contributed by atoms with E-state index in [4.69, 9.17) is 0 Å². The van der Waals surface area contributed by atoms with Crippen LogP contribution >= 0.6 is 15.9 Å². The summed E-state index contributed by atoms with van der Waals surface area (Å²) in [5.74, 6) is -0.167. The lowest BCUT2D eigenvalue weighted by atomic mass is 10.1. The number of allylic oxidation sites excluding steroid dienone is 2. The highest BCUT2D eigenvalue weighted by Crippen LogP contribution is 2.16. The van der Waals surface area contributed by atoms with E-state index in [2.05, 4.69) is 26.6 Å². The molecule has 0 spiro atoms. The molecule has 0 aliphatic carbocycles. The standard InChI is InChI=1S/C18H17BrN2O2/c1-12(11-18(23)14-3-5-15(19)6-4-14)20-16-7-9-17(10-8-16)21-13(2)22/h3-11,20H,1-2H3,(H,21,22)/b12-11+. The van der Waals surface area contributed by atoms with Gasteiger partial charge in [0.25, 0.3) is 0 Å². The summed E-state index contributed by atoms with van der Waals surface area (Å²) in [7, 11) is 0. The molecule has 23 heavy (non-hydrogen) atoms. The molecule has 2 rings (SSSR count). The van der Waals surface area contributed by atoms with Gasteiger partial charge in [-0.15, -0.1) is 0 Å². The van der Waals surface area contributed by atoms with Gasteiger partial charge in [0.15, 0.2) is 5.78 Å². The largest absolute Gasteiger partial charge is 0.359 e. The Bertz CT molecular complexity index is 735. The van der Waals surface area contributed by atoms with Crippen molar-refractivity contribution in [2.45, 2.75) is 13.8 Å². The van der Waals surface area contributed by atoms with Crippen LogP contribution in [0.1, 0.15) is 24.2 Å². The van der Waals surface area contributed by atoms with Gasteiger partial charge < -0.3 is 10.6 Å². The normalized spacial score (nSPS) is 11.0. The van der Waals surface area contributed by atoms with Gasteiger partial charge in [-0.05, 0) is 55.5 Å². The first-order valence-electron chi connectivity index (χ1n) is 7.07. The summed E-state index contributed by atoms with van der Waals surface area (Å²) in [6.07, 6.45) is 1.56. The zero-order valence-corrected chi connectivity index (χ0v) is 14.5. The minimum atomic E-state index is -0.109. The molecule has 1 amide bonds. The fraction of sp³-hybridized carbons (Fsp3) is 0.111. The Morgan fingerprint density at radius 1 is 0.870 bits per heavy atom. The summed E-state index contributed by atoms with van der Waals surface area (Å²) in [4.78, 5) is 23.1. The quantitative estimate of drug-likeness (QED) is 0.595. The van der Waals surface area contributed by atoms with E-state index in [0.29, 0.717) is 5.56 Å². The summed E-state index contributed by atoms with van der Waals surface area (Å²) in [5, 5.41) is 5.86. The molecular weight excluding hydrogens is 356 g/mol. The lowest BCUT2D eigenvalue weighted by Crippen LogP contribution is -2.05. The Hall–Kier alpha value is -2.40. The minimum absolute atomic E-state index is 0.0580. The van der Waals surface area contributed by atoms with Crippen LogP contribution in [0.25, 0.3) is 0 Å². The summed E-state index contributed by atoms with van der Waals surface area (Å²) in [6.45, 7) is 3.30. The molecule has 0 heterocycles. The molecule has 0 fully saturated rings. The molecule has 0 bridgehead atoms. The molecule has 0 aliphatic rings. The number of amides is 1. The third kappa shape index (κ3) is 5.38. The number of halogens is 1. The topological polar surface area (TPSA) is 58.2 Å². The number of rotatable bonds is 5. The molecule has 0 atom stereocenters. The monoisotopic (exact) mass is 372 g/mol. The van der Waals surface area contributed by atoms with Crippen molar-refractivity contribution < 1.29 is 9.59 Å². The van der Waals surface area contributed by atoms with E-state index in [-0.39, 0.29) is 11.7 Å². The minimum Gasteiger partial charge on any atom is -0.359 e. The Morgan fingerprint density at radius 2 is 1.39 bits per heavy atom. The van der Waals surface area contributed by atoms with Gasteiger partial charge in [-0.1, -0.05) is 15.9 Å². The number of benzene rings is 2. The molecule has 0 saturated heterocycles. The zero-order valence-electron chi connectivity index (χ0n) is 12.9. The molecule has 2 aromatic carbocycles. The van der Waals surface area contributed by atoms with Crippen molar-refractivity contribution in [3.8, 4) is 0 Å². The summed E-state index contributed by atoms with van der Waals surface area (Å²) in [5.41, 5.74) is 2.95. The van der Waals surface area contributed by atoms with Crippen LogP contribution in [0.2, 0.25) is 0 Å². The third-order valence-corrected chi connectivity index (χ3v) is 3.55. The molecule has 2 aromatic rings. The van der Waals surface area contributed by atoms with E-state index in [0.717, 1.165) is 21.5 Å². The second-order valence-electron chi connectivity index (χ2n) is 5.08. The van der Waals surface area contributed by atoms with Gasteiger partial charge in [0.05, 0.1) is 0 Å². The highest BCUT2D eigenvalue weighted by Gasteiger charge is 2.03. The molecule has 0 radical (unpaired) electrons. The maximum Gasteiger partial charge on any atom is 0.221 e. The van der Waals surface area contributed by atoms with Gasteiger partial charge in [-0.3, -0.25) is 9.59 Å². The third-order valence-electron chi connectivity index (χ3n) is 3.02. The lowest BCUT2D eigenvalue weighted by molar-refractivity contribution is -0.114. The molecule has 4 nitrogen and oxygen atoms in total. The first-order valence-corrected chi connectivity index (χ1v) is 7.86. The molecule has 0 saturated carbocycles. The van der Waals surface area contributed by atoms with Gasteiger partial charge in [0.1, 0.15) is 0 Å². The average molecular weight is 373 g/mol. The molecule has 0 unspecified atom stereocenters. The van der Waals surface area contributed by atoms with Crippen molar-refractivity contribution in [2.24, 2.45) is 0 Å². The predicted octanol–water partition coefficient (Wildman–Crippen LogP) is 4.61. The van der Waals surface area contributed by atoms with Gasteiger partial charge >= 0.3 is 0 Å². The van der Waals surface area contributed by atoms with Gasteiger partial charge in [-0.2, -0.15) is 0 Å². The molecule has 0 aromatic heterocycles. The van der Waals surface area contributed by atoms with Crippen LogP contribution in [0, 0.1) is 0 Å². The average Bonchev–Trinajstić information content (AvgIpc) is 2.49. The van der Waals surface area contributed by atoms with Crippen LogP contribution in [0.3, 0.4) is 0 Å². The first kappa shape index (κ1) is 17.0.